The van der Waals surface area contributed by atoms with Gasteiger partial charge in [0.15, 0.2) is 0 Å². The van der Waals surface area contributed by atoms with Crippen molar-refractivity contribution in [3.63, 3.8) is 0 Å². The van der Waals surface area contributed by atoms with Crippen LogP contribution in [0.25, 0.3) is 0 Å². The van der Waals surface area contributed by atoms with E-state index in [1.54, 1.807) is 18.2 Å². The average molecular weight is 420 g/mol. The first-order chi connectivity index (χ1) is 14.1. The van der Waals surface area contributed by atoms with Gasteiger partial charge in [0, 0.05) is 25.1 Å². The van der Waals surface area contributed by atoms with E-state index in [0.717, 1.165) is 32.1 Å². The van der Waals surface area contributed by atoms with Crippen molar-refractivity contribution in [2.24, 2.45) is 4.99 Å². The molecule has 1 aromatic carbocycles. The number of rotatable bonds is 6. The SMILES string of the molecule is O=C(CCCCCN=C1NS(=O)(=O)c2ccccc21)N1CCOC2CCCCC21. The van der Waals surface area contributed by atoms with Gasteiger partial charge in [-0.2, -0.15) is 0 Å². The van der Waals surface area contributed by atoms with Gasteiger partial charge in [0.05, 0.1) is 23.6 Å². The van der Waals surface area contributed by atoms with E-state index < -0.39 is 10.0 Å². The normalized spacial score (nSPS) is 26.6. The second kappa shape index (κ2) is 8.83. The van der Waals surface area contributed by atoms with Crippen molar-refractivity contribution in [2.75, 3.05) is 19.7 Å². The van der Waals surface area contributed by atoms with E-state index in [1.165, 1.54) is 12.8 Å². The van der Waals surface area contributed by atoms with Gasteiger partial charge in [0.2, 0.25) is 5.91 Å². The molecule has 1 N–H and O–H groups in total. The molecule has 1 amide bonds. The minimum Gasteiger partial charge on any atom is -0.374 e. The third-order valence-corrected chi connectivity index (χ3v) is 7.43. The topological polar surface area (TPSA) is 88.1 Å². The van der Waals surface area contributed by atoms with E-state index >= 15 is 0 Å². The zero-order valence-electron chi connectivity index (χ0n) is 16.7. The quantitative estimate of drug-likeness (QED) is 0.718. The minimum atomic E-state index is -3.48. The second-order valence-electron chi connectivity index (χ2n) is 7.99. The maximum absolute atomic E-state index is 12.7. The molecule has 0 radical (unpaired) electrons. The first-order valence-electron chi connectivity index (χ1n) is 10.6. The zero-order chi connectivity index (χ0) is 20.3. The van der Waals surface area contributed by atoms with Gasteiger partial charge < -0.3 is 9.64 Å². The number of hydrogen-bond acceptors (Lipinski definition) is 5. The molecule has 0 spiro atoms. The molecule has 1 saturated heterocycles. The summed E-state index contributed by atoms with van der Waals surface area (Å²) < 4.78 is 32.5. The van der Waals surface area contributed by atoms with Crippen LogP contribution < -0.4 is 4.72 Å². The van der Waals surface area contributed by atoms with Gasteiger partial charge in [0.25, 0.3) is 10.0 Å². The number of morpholine rings is 1. The lowest BCUT2D eigenvalue weighted by atomic mass is 9.90. The van der Waals surface area contributed by atoms with Crippen LogP contribution in [0.1, 0.15) is 56.9 Å². The molecule has 2 fully saturated rings. The predicted octanol–water partition coefficient (Wildman–Crippen LogP) is 2.46. The summed E-state index contributed by atoms with van der Waals surface area (Å²) >= 11 is 0. The van der Waals surface area contributed by atoms with Crippen LogP contribution in [0.5, 0.6) is 0 Å². The molecule has 1 aliphatic carbocycles. The van der Waals surface area contributed by atoms with E-state index in [9.17, 15) is 13.2 Å². The van der Waals surface area contributed by atoms with Gasteiger partial charge in [-0.15, -0.1) is 0 Å². The zero-order valence-corrected chi connectivity index (χ0v) is 17.5. The largest absolute Gasteiger partial charge is 0.374 e. The lowest BCUT2D eigenvalue weighted by Crippen LogP contribution is -2.54. The summed E-state index contributed by atoms with van der Waals surface area (Å²) in [6.07, 6.45) is 7.87. The number of nitrogens with zero attached hydrogens (tertiary/aromatic N) is 2. The highest BCUT2D eigenvalue weighted by atomic mass is 32.2. The molecular formula is C21H29N3O4S. The summed E-state index contributed by atoms with van der Waals surface area (Å²) in [5.41, 5.74) is 0.636. The summed E-state index contributed by atoms with van der Waals surface area (Å²) in [5.74, 6) is 0.669. The maximum Gasteiger partial charge on any atom is 0.263 e. The van der Waals surface area contributed by atoms with Crippen molar-refractivity contribution in [3.8, 4) is 0 Å². The van der Waals surface area contributed by atoms with Crippen molar-refractivity contribution >= 4 is 21.8 Å². The molecule has 2 atom stereocenters. The van der Waals surface area contributed by atoms with Crippen LogP contribution in [0.2, 0.25) is 0 Å². The lowest BCUT2D eigenvalue weighted by molar-refractivity contribution is -0.149. The molecule has 7 nitrogen and oxygen atoms in total. The highest BCUT2D eigenvalue weighted by Crippen LogP contribution is 2.29. The number of sulfonamides is 1. The van der Waals surface area contributed by atoms with E-state index in [-0.39, 0.29) is 22.9 Å². The number of amidine groups is 1. The van der Waals surface area contributed by atoms with Gasteiger partial charge in [-0.1, -0.05) is 31.4 Å². The Morgan fingerprint density at radius 3 is 2.90 bits per heavy atom. The van der Waals surface area contributed by atoms with Gasteiger partial charge in [-0.25, -0.2) is 8.42 Å². The lowest BCUT2D eigenvalue weighted by Gasteiger charge is -2.43. The Morgan fingerprint density at radius 1 is 1.17 bits per heavy atom. The summed E-state index contributed by atoms with van der Waals surface area (Å²) in [5, 5.41) is 0. The number of amides is 1. The number of aliphatic imine (C=N–C) groups is 1. The number of fused-ring (bicyclic) bond motifs is 2. The number of unbranched alkanes of at least 4 members (excludes halogenated alkanes) is 2. The molecule has 3 aliphatic rings. The first kappa shape index (κ1) is 20.3. The molecular weight excluding hydrogens is 390 g/mol. The number of carbonyl (C=O) groups is 1. The number of benzene rings is 1. The smallest absolute Gasteiger partial charge is 0.263 e. The molecule has 0 aromatic heterocycles. The van der Waals surface area contributed by atoms with Crippen LogP contribution in [0.3, 0.4) is 0 Å². The fourth-order valence-electron chi connectivity index (χ4n) is 4.56. The standard InChI is InChI=1S/C21H29N3O4S/c25-20(24-14-15-28-18-10-5-4-9-17(18)24)12-2-1-7-13-22-21-16-8-3-6-11-19(16)29(26,27)23-21/h3,6,8,11,17-18H,1-2,4-5,7,9-10,12-15H2,(H,22,23). The Balaban J connectivity index is 1.22. The molecule has 2 heterocycles. The fraction of sp³-hybridized carbons (Fsp3) is 0.619. The molecule has 1 aromatic rings. The van der Waals surface area contributed by atoms with Crippen molar-refractivity contribution < 1.29 is 17.9 Å². The summed E-state index contributed by atoms with van der Waals surface area (Å²) in [6.45, 7) is 1.91. The molecule has 1 saturated carbocycles. The molecule has 2 aliphatic heterocycles. The minimum absolute atomic E-state index is 0.232. The third-order valence-electron chi connectivity index (χ3n) is 6.03. The summed E-state index contributed by atoms with van der Waals surface area (Å²) in [4.78, 5) is 19.4. The van der Waals surface area contributed by atoms with E-state index in [2.05, 4.69) is 14.6 Å². The monoisotopic (exact) mass is 419 g/mol. The summed E-state index contributed by atoms with van der Waals surface area (Å²) in [6, 6.07) is 7.15. The van der Waals surface area contributed by atoms with Gasteiger partial charge in [-0.3, -0.25) is 14.5 Å². The number of hydrogen-bond donors (Lipinski definition) is 1. The van der Waals surface area contributed by atoms with Crippen LogP contribution in [-0.2, 0) is 19.6 Å². The Hall–Kier alpha value is -1.93. The molecule has 8 heteroatoms. The maximum atomic E-state index is 12.7. The van der Waals surface area contributed by atoms with Crippen LogP contribution in [-0.4, -0.2) is 56.9 Å². The van der Waals surface area contributed by atoms with Crippen LogP contribution in [0.15, 0.2) is 34.2 Å². The summed E-state index contributed by atoms with van der Waals surface area (Å²) in [7, 11) is -3.48. The number of nitrogens with one attached hydrogen (secondary N) is 1. The van der Waals surface area contributed by atoms with E-state index in [4.69, 9.17) is 4.74 Å². The number of carbonyl (C=O) groups excluding carboxylic acids is 1. The second-order valence-corrected chi connectivity index (χ2v) is 9.64. The number of ether oxygens (including phenoxy) is 1. The molecule has 2 unspecified atom stereocenters. The Bertz CT molecular complexity index is 882. The van der Waals surface area contributed by atoms with Gasteiger partial charge >= 0.3 is 0 Å². The Morgan fingerprint density at radius 2 is 2.00 bits per heavy atom. The van der Waals surface area contributed by atoms with Crippen molar-refractivity contribution in [1.82, 2.24) is 9.62 Å². The van der Waals surface area contributed by atoms with E-state index in [0.29, 0.717) is 37.5 Å². The predicted molar refractivity (Wildman–Crippen MR) is 110 cm³/mol. The van der Waals surface area contributed by atoms with Crippen molar-refractivity contribution in [2.45, 2.75) is 68.4 Å². The average Bonchev–Trinajstić information content (AvgIpc) is 3.00. The molecule has 158 valence electrons. The fourth-order valence-corrected chi connectivity index (χ4v) is 5.81. The molecule has 0 bridgehead atoms. The van der Waals surface area contributed by atoms with Crippen LogP contribution >= 0.6 is 0 Å². The first-order valence-corrected chi connectivity index (χ1v) is 12.1. The van der Waals surface area contributed by atoms with E-state index in [1.807, 2.05) is 6.07 Å². The van der Waals surface area contributed by atoms with Crippen LogP contribution in [0, 0.1) is 0 Å². The van der Waals surface area contributed by atoms with Crippen molar-refractivity contribution in [1.29, 1.82) is 0 Å². The Kier molecular flexibility index (Phi) is 6.20. The third kappa shape index (κ3) is 4.48. The van der Waals surface area contributed by atoms with Crippen LogP contribution in [0.4, 0.5) is 0 Å². The van der Waals surface area contributed by atoms with Crippen molar-refractivity contribution in [3.05, 3.63) is 29.8 Å². The van der Waals surface area contributed by atoms with Gasteiger partial charge in [-0.05, 0) is 37.8 Å². The Labute approximate surface area is 172 Å². The molecule has 29 heavy (non-hydrogen) atoms. The van der Waals surface area contributed by atoms with Gasteiger partial charge in [0.1, 0.15) is 5.84 Å². The highest BCUT2D eigenvalue weighted by Gasteiger charge is 2.36. The highest BCUT2D eigenvalue weighted by molar-refractivity contribution is 7.90. The molecule has 4 rings (SSSR count).